The first-order valence-electron chi connectivity index (χ1n) is 6.52. The van der Waals surface area contributed by atoms with Crippen molar-refractivity contribution < 1.29 is 0 Å². The molecule has 1 aromatic heterocycles. The van der Waals surface area contributed by atoms with Crippen LogP contribution in [-0.4, -0.2) is 11.5 Å². The van der Waals surface area contributed by atoms with Gasteiger partial charge in [-0.05, 0) is 56.3 Å². The average Bonchev–Trinajstić information content (AvgIpc) is 2.80. The van der Waals surface area contributed by atoms with E-state index in [4.69, 9.17) is 5.73 Å². The van der Waals surface area contributed by atoms with Gasteiger partial charge in [0.1, 0.15) is 0 Å². The van der Waals surface area contributed by atoms with Crippen molar-refractivity contribution in [1.82, 2.24) is 4.98 Å². The van der Waals surface area contributed by atoms with Crippen LogP contribution in [0.4, 0.5) is 0 Å². The van der Waals surface area contributed by atoms with Gasteiger partial charge in [0.25, 0.3) is 0 Å². The Morgan fingerprint density at radius 3 is 2.89 bits per heavy atom. The highest BCUT2D eigenvalue weighted by Crippen LogP contribution is 2.20. The van der Waals surface area contributed by atoms with E-state index < -0.39 is 0 Å². The minimum absolute atomic E-state index is 0.538. The van der Waals surface area contributed by atoms with Gasteiger partial charge in [0.15, 0.2) is 0 Å². The number of nitrogens with zero attached hydrogens (tertiary/aromatic N) is 1. The van der Waals surface area contributed by atoms with Crippen LogP contribution in [0.25, 0.3) is 0 Å². The SMILES string of the molecule is Cc1ncsc1CCC(CN)Cc1cccc(Br)c1. The predicted molar refractivity (Wildman–Crippen MR) is 85.6 cm³/mol. The molecule has 1 unspecified atom stereocenters. The van der Waals surface area contributed by atoms with Gasteiger partial charge in [0, 0.05) is 9.35 Å². The zero-order chi connectivity index (χ0) is 13.7. The number of halogens is 1. The Kier molecular flexibility index (Phi) is 5.55. The summed E-state index contributed by atoms with van der Waals surface area (Å²) < 4.78 is 1.14. The molecule has 102 valence electrons. The van der Waals surface area contributed by atoms with Gasteiger partial charge in [0.05, 0.1) is 11.2 Å². The number of hydrogen-bond donors (Lipinski definition) is 1. The minimum Gasteiger partial charge on any atom is -0.330 e. The van der Waals surface area contributed by atoms with Gasteiger partial charge in [0.2, 0.25) is 0 Å². The molecule has 0 aliphatic carbocycles. The summed E-state index contributed by atoms with van der Waals surface area (Å²) in [5.74, 6) is 0.538. The number of rotatable bonds is 6. The van der Waals surface area contributed by atoms with Crippen LogP contribution < -0.4 is 5.73 Å². The van der Waals surface area contributed by atoms with Gasteiger partial charge in [-0.1, -0.05) is 28.1 Å². The van der Waals surface area contributed by atoms with Gasteiger partial charge in [-0.2, -0.15) is 0 Å². The van der Waals surface area contributed by atoms with E-state index in [0.29, 0.717) is 5.92 Å². The normalized spacial score (nSPS) is 12.6. The van der Waals surface area contributed by atoms with E-state index in [1.807, 2.05) is 5.51 Å². The zero-order valence-electron chi connectivity index (χ0n) is 11.1. The summed E-state index contributed by atoms with van der Waals surface area (Å²) >= 11 is 5.27. The Balaban J connectivity index is 1.92. The predicted octanol–water partition coefficient (Wildman–Crippen LogP) is 3.96. The molecule has 0 radical (unpaired) electrons. The van der Waals surface area contributed by atoms with Gasteiger partial charge in [-0.25, -0.2) is 4.98 Å². The fraction of sp³-hybridized carbons (Fsp3) is 0.400. The lowest BCUT2D eigenvalue weighted by Gasteiger charge is -2.14. The minimum atomic E-state index is 0.538. The van der Waals surface area contributed by atoms with E-state index in [0.717, 1.165) is 30.3 Å². The molecule has 19 heavy (non-hydrogen) atoms. The van der Waals surface area contributed by atoms with Crippen molar-refractivity contribution in [2.75, 3.05) is 6.54 Å². The van der Waals surface area contributed by atoms with Crippen LogP contribution in [0, 0.1) is 12.8 Å². The third-order valence-electron chi connectivity index (χ3n) is 3.37. The summed E-state index contributed by atoms with van der Waals surface area (Å²) in [4.78, 5) is 5.69. The van der Waals surface area contributed by atoms with Gasteiger partial charge in [-0.3, -0.25) is 0 Å². The zero-order valence-corrected chi connectivity index (χ0v) is 13.5. The molecular formula is C15H19BrN2S. The molecule has 2 rings (SSSR count). The van der Waals surface area contributed by atoms with Crippen molar-refractivity contribution in [1.29, 1.82) is 0 Å². The Labute approximate surface area is 127 Å². The van der Waals surface area contributed by atoms with Gasteiger partial charge >= 0.3 is 0 Å². The summed E-state index contributed by atoms with van der Waals surface area (Å²) in [6, 6.07) is 8.49. The lowest BCUT2D eigenvalue weighted by atomic mass is 9.94. The second kappa shape index (κ2) is 7.17. The van der Waals surface area contributed by atoms with Crippen LogP contribution in [0.2, 0.25) is 0 Å². The molecule has 0 spiro atoms. The first kappa shape index (κ1) is 14.7. The molecule has 4 heteroatoms. The molecule has 0 saturated heterocycles. The molecule has 0 amide bonds. The summed E-state index contributed by atoms with van der Waals surface area (Å²) in [6.45, 7) is 2.82. The highest BCUT2D eigenvalue weighted by molar-refractivity contribution is 9.10. The highest BCUT2D eigenvalue weighted by atomic mass is 79.9. The van der Waals surface area contributed by atoms with Gasteiger partial charge in [-0.15, -0.1) is 11.3 Å². The number of aryl methyl sites for hydroxylation is 2. The van der Waals surface area contributed by atoms with Crippen molar-refractivity contribution in [3.05, 3.63) is 50.4 Å². The Morgan fingerprint density at radius 1 is 1.42 bits per heavy atom. The molecule has 2 aromatic rings. The van der Waals surface area contributed by atoms with Crippen LogP contribution in [0.1, 0.15) is 22.6 Å². The maximum absolute atomic E-state index is 5.91. The fourth-order valence-corrected chi connectivity index (χ4v) is 3.45. The molecule has 1 heterocycles. The van der Waals surface area contributed by atoms with Crippen LogP contribution in [-0.2, 0) is 12.8 Å². The summed E-state index contributed by atoms with van der Waals surface area (Å²) in [6.07, 6.45) is 3.27. The van der Waals surface area contributed by atoms with E-state index in [1.165, 1.54) is 16.1 Å². The molecule has 2 N–H and O–H groups in total. The van der Waals surface area contributed by atoms with Crippen molar-refractivity contribution >= 4 is 27.3 Å². The molecule has 1 atom stereocenters. The highest BCUT2D eigenvalue weighted by Gasteiger charge is 2.10. The maximum atomic E-state index is 5.91. The van der Waals surface area contributed by atoms with Crippen LogP contribution in [0.15, 0.2) is 34.2 Å². The molecule has 0 aliphatic heterocycles. The number of aromatic nitrogens is 1. The molecule has 0 fully saturated rings. The molecule has 0 aliphatic rings. The van der Waals surface area contributed by atoms with Crippen molar-refractivity contribution in [2.24, 2.45) is 11.7 Å². The molecule has 0 saturated carbocycles. The first-order chi connectivity index (χ1) is 9.19. The van der Waals surface area contributed by atoms with Crippen molar-refractivity contribution in [2.45, 2.75) is 26.2 Å². The number of benzene rings is 1. The number of hydrogen-bond acceptors (Lipinski definition) is 3. The second-order valence-electron chi connectivity index (χ2n) is 4.84. The fourth-order valence-electron chi connectivity index (χ4n) is 2.20. The molecule has 0 bridgehead atoms. The Bertz CT molecular complexity index is 524. The monoisotopic (exact) mass is 338 g/mol. The Hall–Kier alpha value is -0.710. The molecule has 2 nitrogen and oxygen atoms in total. The second-order valence-corrected chi connectivity index (χ2v) is 6.69. The standard InChI is InChI=1S/C15H19BrN2S/c1-11-15(19-10-18-11)6-5-13(9-17)7-12-3-2-4-14(16)8-12/h2-4,8,10,13H,5-7,9,17H2,1H3. The lowest BCUT2D eigenvalue weighted by Crippen LogP contribution is -2.17. The molecule has 1 aromatic carbocycles. The molecular weight excluding hydrogens is 320 g/mol. The summed E-state index contributed by atoms with van der Waals surface area (Å²) in [5.41, 5.74) is 10.4. The van der Waals surface area contributed by atoms with Crippen LogP contribution in [0.3, 0.4) is 0 Å². The average molecular weight is 339 g/mol. The van der Waals surface area contributed by atoms with Crippen LogP contribution in [0.5, 0.6) is 0 Å². The van der Waals surface area contributed by atoms with E-state index in [9.17, 15) is 0 Å². The number of nitrogens with two attached hydrogens (primary N) is 1. The van der Waals surface area contributed by atoms with Crippen molar-refractivity contribution in [3.63, 3.8) is 0 Å². The largest absolute Gasteiger partial charge is 0.330 e. The van der Waals surface area contributed by atoms with E-state index in [1.54, 1.807) is 11.3 Å². The van der Waals surface area contributed by atoms with Crippen molar-refractivity contribution in [3.8, 4) is 0 Å². The maximum Gasteiger partial charge on any atom is 0.0797 e. The third kappa shape index (κ3) is 4.41. The summed E-state index contributed by atoms with van der Waals surface area (Å²) in [5, 5.41) is 0. The lowest BCUT2D eigenvalue weighted by molar-refractivity contribution is 0.495. The van der Waals surface area contributed by atoms with E-state index in [-0.39, 0.29) is 0 Å². The quantitative estimate of drug-likeness (QED) is 0.865. The third-order valence-corrected chi connectivity index (χ3v) is 4.86. The van der Waals surface area contributed by atoms with Crippen LogP contribution >= 0.6 is 27.3 Å². The Morgan fingerprint density at radius 2 is 2.26 bits per heavy atom. The first-order valence-corrected chi connectivity index (χ1v) is 8.19. The smallest absolute Gasteiger partial charge is 0.0797 e. The van der Waals surface area contributed by atoms with Gasteiger partial charge < -0.3 is 5.73 Å². The van der Waals surface area contributed by atoms with E-state index in [2.05, 4.69) is 52.1 Å². The topological polar surface area (TPSA) is 38.9 Å². The van der Waals surface area contributed by atoms with E-state index >= 15 is 0 Å². The number of thiazole rings is 1. The summed E-state index contributed by atoms with van der Waals surface area (Å²) in [7, 11) is 0.